The van der Waals surface area contributed by atoms with Gasteiger partial charge in [-0.2, -0.15) is 0 Å². The zero-order chi connectivity index (χ0) is 12.4. The van der Waals surface area contributed by atoms with Crippen molar-refractivity contribution in [1.82, 2.24) is 5.32 Å². The lowest BCUT2D eigenvalue weighted by atomic mass is 9.96. The molecule has 1 aliphatic heterocycles. The van der Waals surface area contributed by atoms with Crippen LogP contribution in [0.3, 0.4) is 0 Å². The third kappa shape index (κ3) is 2.98. The molecule has 2 fully saturated rings. The van der Waals surface area contributed by atoms with Crippen LogP contribution in [0.15, 0.2) is 4.99 Å². The van der Waals surface area contributed by atoms with E-state index in [0.29, 0.717) is 11.0 Å². The number of thioether (sulfide) groups is 1. The smallest absolute Gasteiger partial charge is 0.157 e. The molecule has 1 N–H and O–H groups in total. The molecular weight excluding hydrogens is 228 g/mol. The second-order valence-corrected chi connectivity index (χ2v) is 6.74. The first-order valence-electron chi connectivity index (χ1n) is 7.13. The first-order chi connectivity index (χ1) is 8.17. The van der Waals surface area contributed by atoms with Crippen LogP contribution in [0, 0.1) is 5.41 Å². The van der Waals surface area contributed by atoms with Crippen molar-refractivity contribution in [2.75, 3.05) is 12.3 Å². The monoisotopic (exact) mass is 254 g/mol. The molecule has 0 aromatic rings. The Bertz CT molecular complexity index is 291. The van der Waals surface area contributed by atoms with E-state index in [9.17, 15) is 0 Å². The number of nitrogens with one attached hydrogen (secondary N) is 1. The predicted molar refractivity (Wildman–Crippen MR) is 77.8 cm³/mol. The second kappa shape index (κ2) is 5.21. The molecule has 0 radical (unpaired) electrons. The van der Waals surface area contributed by atoms with Crippen LogP contribution in [0.1, 0.15) is 59.3 Å². The minimum absolute atomic E-state index is 0.324. The molecule has 1 saturated heterocycles. The first-order valence-corrected chi connectivity index (χ1v) is 8.11. The van der Waals surface area contributed by atoms with Crippen molar-refractivity contribution in [1.29, 1.82) is 0 Å². The maximum Gasteiger partial charge on any atom is 0.157 e. The summed E-state index contributed by atoms with van der Waals surface area (Å²) in [5, 5.41) is 4.86. The third-order valence-corrected chi connectivity index (χ3v) is 5.71. The van der Waals surface area contributed by atoms with Gasteiger partial charge in [0.15, 0.2) is 5.17 Å². The van der Waals surface area contributed by atoms with E-state index in [-0.39, 0.29) is 0 Å². The molecule has 0 amide bonds. The van der Waals surface area contributed by atoms with Gasteiger partial charge in [-0.15, -0.1) is 0 Å². The Morgan fingerprint density at radius 1 is 1.24 bits per heavy atom. The molecule has 98 valence electrons. The summed E-state index contributed by atoms with van der Waals surface area (Å²) in [4.78, 5) is 4.84. The largest absolute Gasteiger partial charge is 0.359 e. The van der Waals surface area contributed by atoms with Crippen LogP contribution in [0.5, 0.6) is 0 Å². The normalized spacial score (nSPS) is 27.1. The summed E-state index contributed by atoms with van der Waals surface area (Å²) in [6.45, 7) is 7.90. The van der Waals surface area contributed by atoms with Crippen molar-refractivity contribution in [3.8, 4) is 0 Å². The molecule has 0 spiro atoms. The lowest BCUT2D eigenvalue weighted by Gasteiger charge is -2.25. The van der Waals surface area contributed by atoms with Crippen LogP contribution in [-0.4, -0.2) is 23.0 Å². The van der Waals surface area contributed by atoms with Gasteiger partial charge in [0.1, 0.15) is 0 Å². The van der Waals surface area contributed by atoms with Crippen molar-refractivity contribution >= 4 is 16.9 Å². The van der Waals surface area contributed by atoms with Crippen molar-refractivity contribution in [3.63, 3.8) is 0 Å². The quantitative estimate of drug-likeness (QED) is 0.779. The number of hydrogen-bond acceptors (Lipinski definition) is 2. The molecule has 0 bridgehead atoms. The van der Waals surface area contributed by atoms with E-state index >= 15 is 0 Å². The molecular formula is C14H26N2S. The summed E-state index contributed by atoms with van der Waals surface area (Å²) in [5.41, 5.74) is 0.915. The number of amidine groups is 1. The topological polar surface area (TPSA) is 24.4 Å². The van der Waals surface area contributed by atoms with E-state index in [0.717, 1.165) is 6.54 Å². The van der Waals surface area contributed by atoms with Crippen molar-refractivity contribution < 1.29 is 0 Å². The molecule has 2 rings (SSSR count). The fourth-order valence-electron chi connectivity index (χ4n) is 2.66. The average molecular weight is 254 g/mol. The van der Waals surface area contributed by atoms with Crippen molar-refractivity contribution in [3.05, 3.63) is 0 Å². The summed E-state index contributed by atoms with van der Waals surface area (Å²) < 4.78 is 0. The highest BCUT2D eigenvalue weighted by molar-refractivity contribution is 8.14. The molecule has 0 aromatic carbocycles. The number of aliphatic imine (C=N–C) groups is 1. The van der Waals surface area contributed by atoms with E-state index in [2.05, 4.69) is 26.1 Å². The van der Waals surface area contributed by atoms with Crippen molar-refractivity contribution in [2.24, 2.45) is 10.4 Å². The van der Waals surface area contributed by atoms with Crippen LogP contribution in [0.4, 0.5) is 0 Å². The van der Waals surface area contributed by atoms with Gasteiger partial charge in [0.2, 0.25) is 0 Å². The van der Waals surface area contributed by atoms with Crippen LogP contribution in [-0.2, 0) is 0 Å². The van der Waals surface area contributed by atoms with Gasteiger partial charge in [-0.1, -0.05) is 39.0 Å². The maximum absolute atomic E-state index is 4.84. The zero-order valence-electron chi connectivity index (χ0n) is 11.5. The number of hydrogen-bond donors (Lipinski definition) is 1. The van der Waals surface area contributed by atoms with Crippen LogP contribution < -0.4 is 5.32 Å². The van der Waals surface area contributed by atoms with E-state index in [1.165, 1.54) is 49.4 Å². The predicted octanol–water partition coefficient (Wildman–Crippen LogP) is 3.82. The lowest BCUT2D eigenvalue weighted by Crippen LogP contribution is -2.42. The summed E-state index contributed by atoms with van der Waals surface area (Å²) >= 11 is 1.92. The fourth-order valence-corrected chi connectivity index (χ4v) is 3.99. The SMILES string of the molecule is CCCC1(CN=C2NC(CC)(CC)CS2)CC1. The van der Waals surface area contributed by atoms with Crippen molar-refractivity contribution in [2.45, 2.75) is 64.8 Å². The Morgan fingerprint density at radius 2 is 1.94 bits per heavy atom. The molecule has 1 aliphatic carbocycles. The third-order valence-electron chi connectivity index (χ3n) is 4.51. The van der Waals surface area contributed by atoms with Crippen LogP contribution >= 0.6 is 11.8 Å². The van der Waals surface area contributed by atoms with Gasteiger partial charge in [0.25, 0.3) is 0 Å². The molecule has 0 aromatic heterocycles. The highest BCUT2D eigenvalue weighted by atomic mass is 32.2. The standard InChI is InChI=1S/C14H26N2S/c1-4-7-13(8-9-13)10-15-12-16-14(5-2,6-3)11-17-12/h4-11H2,1-3H3,(H,15,16). The minimum Gasteiger partial charge on any atom is -0.359 e. The summed E-state index contributed by atoms with van der Waals surface area (Å²) in [5.74, 6) is 1.19. The van der Waals surface area contributed by atoms with Gasteiger partial charge in [-0.3, -0.25) is 4.99 Å². The Hall–Kier alpha value is -0.180. The Balaban J connectivity index is 1.88. The van der Waals surface area contributed by atoms with E-state index in [1.807, 2.05) is 11.8 Å². The van der Waals surface area contributed by atoms with E-state index in [1.54, 1.807) is 0 Å². The van der Waals surface area contributed by atoms with Gasteiger partial charge in [-0.25, -0.2) is 0 Å². The fraction of sp³-hybridized carbons (Fsp3) is 0.929. The average Bonchev–Trinajstić information content (AvgIpc) is 2.99. The molecule has 1 heterocycles. The van der Waals surface area contributed by atoms with Gasteiger partial charge in [-0.05, 0) is 37.5 Å². The Kier molecular flexibility index (Phi) is 4.06. The molecule has 1 saturated carbocycles. The van der Waals surface area contributed by atoms with E-state index < -0.39 is 0 Å². The second-order valence-electron chi connectivity index (χ2n) is 5.77. The zero-order valence-corrected chi connectivity index (χ0v) is 12.3. The highest BCUT2D eigenvalue weighted by Gasteiger charge is 2.42. The Labute approximate surface area is 110 Å². The molecule has 17 heavy (non-hydrogen) atoms. The Morgan fingerprint density at radius 3 is 2.41 bits per heavy atom. The number of nitrogens with zero attached hydrogens (tertiary/aromatic N) is 1. The number of rotatable bonds is 6. The molecule has 0 unspecified atom stereocenters. The summed E-state index contributed by atoms with van der Waals surface area (Å²) in [6, 6.07) is 0. The lowest BCUT2D eigenvalue weighted by molar-refractivity contribution is 0.406. The molecule has 2 nitrogen and oxygen atoms in total. The first kappa shape index (κ1) is 13.3. The molecule has 0 atom stereocenters. The van der Waals surface area contributed by atoms with Gasteiger partial charge in [0, 0.05) is 17.8 Å². The summed E-state index contributed by atoms with van der Waals surface area (Å²) in [6.07, 6.45) is 7.87. The maximum atomic E-state index is 4.84. The van der Waals surface area contributed by atoms with Gasteiger partial charge < -0.3 is 5.32 Å². The molecule has 3 heteroatoms. The van der Waals surface area contributed by atoms with Crippen LogP contribution in [0.25, 0.3) is 0 Å². The minimum atomic E-state index is 0.324. The van der Waals surface area contributed by atoms with E-state index in [4.69, 9.17) is 4.99 Å². The highest BCUT2D eigenvalue weighted by Crippen LogP contribution is 2.50. The van der Waals surface area contributed by atoms with Crippen LogP contribution in [0.2, 0.25) is 0 Å². The van der Waals surface area contributed by atoms with Gasteiger partial charge >= 0.3 is 0 Å². The molecule has 2 aliphatic rings. The van der Waals surface area contributed by atoms with Gasteiger partial charge in [0.05, 0.1) is 0 Å². The summed E-state index contributed by atoms with van der Waals surface area (Å²) in [7, 11) is 0.